The molecule has 5 atom stereocenters. The van der Waals surface area contributed by atoms with E-state index < -0.39 is 56.1 Å². The lowest BCUT2D eigenvalue weighted by molar-refractivity contribution is -0.236. The van der Waals surface area contributed by atoms with Crippen molar-refractivity contribution >= 4 is 54.1 Å². The number of hydrogen-bond donors (Lipinski definition) is 0. The largest absolute Gasteiger partial charge is 0.456 e. The Balaban J connectivity index is 1.82. The lowest BCUT2D eigenvalue weighted by Gasteiger charge is -2.47. The molecule has 11 heteroatoms. The quantitative estimate of drug-likeness (QED) is 0.128. The van der Waals surface area contributed by atoms with Crippen molar-refractivity contribution in [2.45, 2.75) is 101 Å². The first-order chi connectivity index (χ1) is 23.2. The number of hydrogen-bond acceptors (Lipinski definition) is 10. The molecule has 9 nitrogen and oxygen atoms in total. The zero-order valence-corrected chi connectivity index (χ0v) is 31.0. The van der Waals surface area contributed by atoms with Crippen LogP contribution in [-0.4, -0.2) is 68.5 Å². The zero-order chi connectivity index (χ0) is 35.8. The Morgan fingerprint density at radius 2 is 1.24 bits per heavy atom. The van der Waals surface area contributed by atoms with Crippen LogP contribution in [-0.2, 0) is 42.6 Å². The Bertz CT molecular complexity index is 1530. The first kappa shape index (κ1) is 38.0. The van der Waals surface area contributed by atoms with Crippen LogP contribution in [0.4, 0.5) is 0 Å². The standard InChI is InChI=1S/C38H46O9SSi/c1-25-18-21-29(22-19-25)48-37-36(45-28(4)41)35(47-33(42)23-20-26(2)39)34(44-27(3)40)32(46-37)24-43-49(38(5,6)7,30-14-10-8-11-15-30)31-16-12-9-13-17-31/h8-19,21-22,32,34-37H,20,23-24H2,1-7H3/t32-,34+,35+,36-,37+/m1/s1. The Hall–Kier alpha value is -3.77. The second kappa shape index (κ2) is 16.8. The highest BCUT2D eigenvalue weighted by atomic mass is 32.2. The number of carbonyl (C=O) groups is 4. The fraction of sp³-hybridized carbons (Fsp3) is 0.421. The molecule has 0 aliphatic carbocycles. The van der Waals surface area contributed by atoms with Crippen LogP contribution in [0.3, 0.4) is 0 Å². The van der Waals surface area contributed by atoms with E-state index in [2.05, 4.69) is 45.0 Å². The number of aryl methyl sites for hydroxylation is 1. The SMILES string of the molecule is CC(=O)CCC(=O)O[C@H]1[C@@H](OC(C)=O)[C@@H](CO[Si](c2ccccc2)(c2ccccc2)C(C)(C)C)O[C@@H](Sc2ccc(C)cc2)[C@@H]1OC(C)=O. The zero-order valence-electron chi connectivity index (χ0n) is 29.2. The highest BCUT2D eigenvalue weighted by Gasteiger charge is 2.55. The Morgan fingerprint density at radius 3 is 1.73 bits per heavy atom. The molecule has 3 aromatic carbocycles. The van der Waals surface area contributed by atoms with E-state index in [9.17, 15) is 19.2 Å². The summed E-state index contributed by atoms with van der Waals surface area (Å²) in [5.74, 6) is -2.14. The van der Waals surface area contributed by atoms with Gasteiger partial charge in [-0.05, 0) is 41.4 Å². The van der Waals surface area contributed by atoms with Crippen molar-refractivity contribution in [2.75, 3.05) is 6.61 Å². The topological polar surface area (TPSA) is 114 Å². The van der Waals surface area contributed by atoms with E-state index in [-0.39, 0.29) is 30.3 Å². The first-order valence-corrected chi connectivity index (χ1v) is 19.2. The fourth-order valence-corrected chi connectivity index (χ4v) is 11.8. The van der Waals surface area contributed by atoms with E-state index in [0.717, 1.165) is 20.8 Å². The van der Waals surface area contributed by atoms with Crippen LogP contribution in [0.5, 0.6) is 0 Å². The monoisotopic (exact) mass is 706 g/mol. The van der Waals surface area contributed by atoms with E-state index in [4.69, 9.17) is 23.4 Å². The summed E-state index contributed by atoms with van der Waals surface area (Å²) in [5.41, 5.74) is 0.186. The second-order valence-corrected chi connectivity index (χ2v) is 18.7. The van der Waals surface area contributed by atoms with E-state index >= 15 is 0 Å². The van der Waals surface area contributed by atoms with Gasteiger partial charge < -0.3 is 28.2 Å². The molecule has 0 spiro atoms. The normalized spacial score (nSPS) is 21.0. The molecule has 49 heavy (non-hydrogen) atoms. The molecule has 0 saturated carbocycles. The van der Waals surface area contributed by atoms with Gasteiger partial charge in [0.1, 0.15) is 17.3 Å². The Kier molecular flexibility index (Phi) is 13.0. The van der Waals surface area contributed by atoms with Gasteiger partial charge in [-0.3, -0.25) is 14.4 Å². The van der Waals surface area contributed by atoms with Crippen LogP contribution >= 0.6 is 11.8 Å². The van der Waals surface area contributed by atoms with Gasteiger partial charge in [0, 0.05) is 25.2 Å². The van der Waals surface area contributed by atoms with Crippen molar-refractivity contribution in [1.82, 2.24) is 0 Å². The van der Waals surface area contributed by atoms with Gasteiger partial charge in [0.2, 0.25) is 0 Å². The fourth-order valence-electron chi connectivity index (χ4n) is 6.10. The van der Waals surface area contributed by atoms with Gasteiger partial charge >= 0.3 is 17.9 Å². The van der Waals surface area contributed by atoms with Gasteiger partial charge in [-0.2, -0.15) is 0 Å². The molecule has 3 aromatic rings. The molecule has 4 rings (SSSR count). The number of esters is 3. The third-order valence-corrected chi connectivity index (χ3v) is 14.5. The van der Waals surface area contributed by atoms with Crippen molar-refractivity contribution in [3.8, 4) is 0 Å². The average molecular weight is 707 g/mol. The molecule has 1 aliphatic heterocycles. The maximum atomic E-state index is 13.2. The minimum atomic E-state index is -3.09. The number of benzene rings is 3. The molecule has 1 aliphatic rings. The summed E-state index contributed by atoms with van der Waals surface area (Å²) in [7, 11) is -3.09. The van der Waals surface area contributed by atoms with Crippen molar-refractivity contribution in [3.63, 3.8) is 0 Å². The molecule has 262 valence electrons. The van der Waals surface area contributed by atoms with Crippen molar-refractivity contribution in [3.05, 3.63) is 90.5 Å². The van der Waals surface area contributed by atoms with Crippen LogP contribution in [0.15, 0.2) is 89.8 Å². The summed E-state index contributed by atoms with van der Waals surface area (Å²) < 4.78 is 31.5. The molecule has 1 heterocycles. The van der Waals surface area contributed by atoms with Gasteiger partial charge in [-0.25, -0.2) is 0 Å². The minimum absolute atomic E-state index is 0.0273. The average Bonchev–Trinajstić information content (AvgIpc) is 3.04. The van der Waals surface area contributed by atoms with Crippen molar-refractivity contribution in [1.29, 1.82) is 0 Å². The van der Waals surface area contributed by atoms with Gasteiger partial charge in [0.15, 0.2) is 18.3 Å². The summed E-state index contributed by atoms with van der Waals surface area (Å²) >= 11 is 1.30. The molecular formula is C38H46O9SSi. The molecule has 0 radical (unpaired) electrons. The predicted molar refractivity (Wildman–Crippen MR) is 190 cm³/mol. The van der Waals surface area contributed by atoms with Crippen LogP contribution < -0.4 is 10.4 Å². The number of rotatable bonds is 13. The summed E-state index contributed by atoms with van der Waals surface area (Å²) in [6, 6.07) is 27.9. The summed E-state index contributed by atoms with van der Waals surface area (Å²) in [5, 5.41) is 1.73. The number of ether oxygens (including phenoxy) is 4. The highest BCUT2D eigenvalue weighted by molar-refractivity contribution is 7.99. The summed E-state index contributed by atoms with van der Waals surface area (Å²) in [6.45, 7) is 12.3. The maximum Gasteiger partial charge on any atom is 0.306 e. The Morgan fingerprint density at radius 1 is 0.714 bits per heavy atom. The van der Waals surface area contributed by atoms with Gasteiger partial charge in [-0.1, -0.05) is 111 Å². The maximum absolute atomic E-state index is 13.2. The van der Waals surface area contributed by atoms with Crippen LogP contribution in [0, 0.1) is 6.92 Å². The van der Waals surface area contributed by atoms with Crippen molar-refractivity contribution in [2.24, 2.45) is 0 Å². The highest BCUT2D eigenvalue weighted by Crippen LogP contribution is 2.40. The third kappa shape index (κ3) is 9.69. The number of carbonyl (C=O) groups excluding carboxylic acids is 4. The minimum Gasteiger partial charge on any atom is -0.456 e. The van der Waals surface area contributed by atoms with Crippen LogP contribution in [0.2, 0.25) is 5.04 Å². The smallest absolute Gasteiger partial charge is 0.306 e. The van der Waals surface area contributed by atoms with Gasteiger partial charge in [0.05, 0.1) is 13.0 Å². The number of thioether (sulfide) groups is 1. The predicted octanol–water partition coefficient (Wildman–Crippen LogP) is 5.53. The second-order valence-electron chi connectivity index (χ2n) is 13.3. The van der Waals surface area contributed by atoms with Crippen molar-refractivity contribution < 1.29 is 42.6 Å². The number of ketones is 1. The third-order valence-electron chi connectivity index (χ3n) is 8.30. The van der Waals surface area contributed by atoms with E-state index in [0.29, 0.717) is 0 Å². The van der Waals surface area contributed by atoms with E-state index in [1.165, 1.54) is 32.5 Å². The molecule has 0 unspecified atom stereocenters. The van der Waals surface area contributed by atoms with Gasteiger partial charge in [0.25, 0.3) is 8.32 Å². The molecule has 1 saturated heterocycles. The van der Waals surface area contributed by atoms with Crippen LogP contribution in [0.25, 0.3) is 0 Å². The van der Waals surface area contributed by atoms with Crippen LogP contribution in [0.1, 0.15) is 59.9 Å². The van der Waals surface area contributed by atoms with Gasteiger partial charge in [-0.15, -0.1) is 0 Å². The molecule has 0 aromatic heterocycles. The summed E-state index contributed by atoms with van der Waals surface area (Å²) in [4.78, 5) is 50.8. The summed E-state index contributed by atoms with van der Waals surface area (Å²) in [6.07, 6.45) is -4.76. The van der Waals surface area contributed by atoms with E-state index in [1.807, 2.05) is 67.6 Å². The lowest BCUT2D eigenvalue weighted by atomic mass is 9.99. The molecular weight excluding hydrogens is 661 g/mol. The molecule has 0 bridgehead atoms. The van der Waals surface area contributed by atoms with E-state index in [1.54, 1.807) is 0 Å². The molecule has 1 fully saturated rings. The number of Topliss-reactive ketones (excluding diaryl/α,β-unsaturated/α-hetero) is 1. The lowest BCUT2D eigenvalue weighted by Crippen LogP contribution is -2.68. The first-order valence-electron chi connectivity index (χ1n) is 16.4. The molecule has 0 amide bonds. The Labute approximate surface area is 294 Å². The molecule has 0 N–H and O–H groups in total.